The van der Waals surface area contributed by atoms with Crippen LogP contribution >= 0.6 is 11.8 Å². The minimum atomic E-state index is -0.482. The molecule has 25 heavy (non-hydrogen) atoms. The first-order valence-electron chi connectivity index (χ1n) is 7.50. The van der Waals surface area contributed by atoms with Gasteiger partial charge in [0.15, 0.2) is 0 Å². The molecule has 0 amide bonds. The molecule has 0 aliphatic rings. The minimum absolute atomic E-state index is 0.0200. The highest BCUT2D eigenvalue weighted by Gasteiger charge is 2.20. The van der Waals surface area contributed by atoms with Crippen LogP contribution in [-0.4, -0.2) is 26.5 Å². The van der Waals surface area contributed by atoms with Gasteiger partial charge in [0.2, 0.25) is 5.82 Å². The SMILES string of the molecule is CSc1ccc(-c2noc(-c3c(O)c4ccccc4[nH]c3=O)n2)cc1. The Kier molecular flexibility index (Phi) is 3.77. The number of fused-ring (bicyclic) bond motifs is 1. The van der Waals surface area contributed by atoms with Gasteiger partial charge in [0.25, 0.3) is 11.4 Å². The van der Waals surface area contributed by atoms with Crippen LogP contribution in [0.5, 0.6) is 5.75 Å². The lowest BCUT2D eigenvalue weighted by Crippen LogP contribution is -2.09. The third-order valence-corrected chi connectivity index (χ3v) is 4.63. The summed E-state index contributed by atoms with van der Waals surface area (Å²) in [5, 5.41) is 14.9. The van der Waals surface area contributed by atoms with Gasteiger partial charge < -0.3 is 14.6 Å². The summed E-state index contributed by atoms with van der Waals surface area (Å²) in [5.41, 5.74) is 0.799. The predicted octanol–water partition coefficient (Wildman–Crippen LogP) is 3.67. The molecule has 0 aliphatic carbocycles. The first-order chi connectivity index (χ1) is 12.2. The quantitative estimate of drug-likeness (QED) is 0.547. The van der Waals surface area contributed by atoms with Gasteiger partial charge in [-0.25, -0.2) is 0 Å². The molecule has 0 bridgehead atoms. The van der Waals surface area contributed by atoms with Gasteiger partial charge in [-0.15, -0.1) is 11.8 Å². The molecule has 0 radical (unpaired) electrons. The van der Waals surface area contributed by atoms with Gasteiger partial charge in [-0.3, -0.25) is 4.79 Å². The van der Waals surface area contributed by atoms with Crippen molar-refractivity contribution in [3.05, 3.63) is 58.9 Å². The molecule has 2 N–H and O–H groups in total. The molecular weight excluding hydrogens is 338 g/mol. The van der Waals surface area contributed by atoms with Gasteiger partial charge in [-0.1, -0.05) is 17.3 Å². The Labute approximate surface area is 146 Å². The van der Waals surface area contributed by atoms with E-state index in [0.29, 0.717) is 16.7 Å². The summed E-state index contributed by atoms with van der Waals surface area (Å²) >= 11 is 1.64. The van der Waals surface area contributed by atoms with E-state index < -0.39 is 5.56 Å². The Bertz CT molecular complexity index is 1120. The lowest BCUT2D eigenvalue weighted by atomic mass is 10.1. The number of pyridine rings is 1. The highest BCUT2D eigenvalue weighted by atomic mass is 32.2. The summed E-state index contributed by atoms with van der Waals surface area (Å²) in [6.07, 6.45) is 2.00. The lowest BCUT2D eigenvalue weighted by Gasteiger charge is -2.03. The molecule has 7 heteroatoms. The Hall–Kier alpha value is -3.06. The molecule has 124 valence electrons. The summed E-state index contributed by atoms with van der Waals surface area (Å²) in [6.45, 7) is 0. The predicted molar refractivity (Wildman–Crippen MR) is 96.7 cm³/mol. The topological polar surface area (TPSA) is 92.0 Å². The Morgan fingerprint density at radius 3 is 2.64 bits per heavy atom. The van der Waals surface area contributed by atoms with E-state index in [2.05, 4.69) is 15.1 Å². The van der Waals surface area contributed by atoms with E-state index in [9.17, 15) is 9.90 Å². The van der Waals surface area contributed by atoms with E-state index in [1.165, 1.54) is 0 Å². The molecule has 6 nitrogen and oxygen atoms in total. The zero-order valence-corrected chi connectivity index (χ0v) is 14.0. The normalized spacial score (nSPS) is 11.1. The van der Waals surface area contributed by atoms with Crippen molar-refractivity contribution in [2.75, 3.05) is 6.26 Å². The summed E-state index contributed by atoms with van der Waals surface area (Å²) in [5.74, 6) is 0.162. The van der Waals surface area contributed by atoms with E-state index in [1.54, 1.807) is 36.0 Å². The number of thioether (sulfide) groups is 1. The van der Waals surface area contributed by atoms with Gasteiger partial charge >= 0.3 is 0 Å². The molecule has 2 aromatic carbocycles. The summed E-state index contributed by atoms with van der Waals surface area (Å²) in [6, 6.07) is 14.6. The van der Waals surface area contributed by atoms with Crippen LogP contribution in [0.2, 0.25) is 0 Å². The maximum Gasteiger partial charge on any atom is 0.267 e. The number of aromatic nitrogens is 3. The van der Waals surface area contributed by atoms with Crippen LogP contribution in [0.25, 0.3) is 33.7 Å². The Morgan fingerprint density at radius 1 is 1.12 bits per heavy atom. The van der Waals surface area contributed by atoms with Crippen molar-refractivity contribution in [1.29, 1.82) is 0 Å². The van der Waals surface area contributed by atoms with E-state index in [4.69, 9.17) is 4.52 Å². The van der Waals surface area contributed by atoms with Crippen LogP contribution in [0.3, 0.4) is 0 Å². The van der Waals surface area contributed by atoms with Crippen LogP contribution in [0.1, 0.15) is 0 Å². The van der Waals surface area contributed by atoms with E-state index in [0.717, 1.165) is 10.5 Å². The average Bonchev–Trinajstić information content (AvgIpc) is 3.11. The summed E-state index contributed by atoms with van der Waals surface area (Å²) < 4.78 is 5.23. The Morgan fingerprint density at radius 2 is 1.88 bits per heavy atom. The van der Waals surface area contributed by atoms with Gasteiger partial charge in [0, 0.05) is 15.8 Å². The maximum absolute atomic E-state index is 12.3. The first kappa shape index (κ1) is 15.5. The highest BCUT2D eigenvalue weighted by molar-refractivity contribution is 7.98. The monoisotopic (exact) mass is 351 g/mol. The fourth-order valence-electron chi connectivity index (χ4n) is 2.61. The number of nitrogens with zero attached hydrogens (tertiary/aromatic N) is 2. The molecule has 4 aromatic rings. The zero-order valence-electron chi connectivity index (χ0n) is 13.2. The largest absolute Gasteiger partial charge is 0.506 e. The molecule has 0 fully saturated rings. The smallest absolute Gasteiger partial charge is 0.267 e. The first-order valence-corrected chi connectivity index (χ1v) is 8.72. The average molecular weight is 351 g/mol. The number of aromatic amines is 1. The molecule has 0 aliphatic heterocycles. The van der Waals surface area contributed by atoms with Crippen molar-refractivity contribution < 1.29 is 9.63 Å². The standard InChI is InChI=1S/C18H13N3O3S/c1-25-11-8-6-10(7-9-11)16-20-18(24-21-16)14-15(22)12-4-2-3-5-13(12)19-17(14)23/h2-9H,1H3,(H2,19,22,23). The second kappa shape index (κ2) is 6.10. The molecule has 0 saturated carbocycles. The lowest BCUT2D eigenvalue weighted by molar-refractivity contribution is 0.426. The second-order valence-electron chi connectivity index (χ2n) is 5.37. The second-order valence-corrected chi connectivity index (χ2v) is 6.25. The van der Waals surface area contributed by atoms with Crippen molar-refractivity contribution in [2.45, 2.75) is 4.90 Å². The number of hydrogen-bond acceptors (Lipinski definition) is 6. The van der Waals surface area contributed by atoms with Gasteiger partial charge in [0.05, 0.1) is 5.52 Å². The van der Waals surface area contributed by atoms with Crippen LogP contribution in [0.15, 0.2) is 62.7 Å². The number of aromatic hydroxyl groups is 1. The fraction of sp³-hybridized carbons (Fsp3) is 0.0556. The van der Waals surface area contributed by atoms with Crippen LogP contribution < -0.4 is 5.56 Å². The van der Waals surface area contributed by atoms with Crippen molar-refractivity contribution in [3.8, 4) is 28.6 Å². The van der Waals surface area contributed by atoms with E-state index >= 15 is 0 Å². The minimum Gasteiger partial charge on any atom is -0.506 e. The van der Waals surface area contributed by atoms with Crippen LogP contribution in [-0.2, 0) is 0 Å². The number of H-pyrrole nitrogens is 1. The zero-order chi connectivity index (χ0) is 17.4. The molecule has 0 atom stereocenters. The van der Waals surface area contributed by atoms with Crippen molar-refractivity contribution >= 4 is 22.7 Å². The third-order valence-electron chi connectivity index (χ3n) is 3.88. The van der Waals surface area contributed by atoms with E-state index in [1.807, 2.05) is 30.5 Å². The third kappa shape index (κ3) is 2.68. The summed E-state index contributed by atoms with van der Waals surface area (Å²) in [4.78, 5) is 20.4. The molecule has 0 saturated heterocycles. The van der Waals surface area contributed by atoms with Crippen LogP contribution in [0, 0.1) is 0 Å². The van der Waals surface area contributed by atoms with Crippen molar-refractivity contribution in [3.63, 3.8) is 0 Å². The molecule has 0 unspecified atom stereocenters. The van der Waals surface area contributed by atoms with Crippen molar-refractivity contribution in [2.24, 2.45) is 0 Å². The van der Waals surface area contributed by atoms with Crippen LogP contribution in [0.4, 0.5) is 0 Å². The Balaban J connectivity index is 1.82. The highest BCUT2D eigenvalue weighted by Crippen LogP contribution is 2.32. The van der Waals surface area contributed by atoms with Crippen molar-refractivity contribution in [1.82, 2.24) is 15.1 Å². The maximum atomic E-state index is 12.3. The van der Waals surface area contributed by atoms with Gasteiger partial charge in [-0.05, 0) is 42.7 Å². The number of benzene rings is 2. The molecule has 2 aromatic heterocycles. The summed E-state index contributed by atoms with van der Waals surface area (Å²) in [7, 11) is 0. The number of nitrogens with one attached hydrogen (secondary N) is 1. The van der Waals surface area contributed by atoms with E-state index in [-0.39, 0.29) is 17.2 Å². The number of rotatable bonds is 3. The molecule has 0 spiro atoms. The number of hydrogen-bond donors (Lipinski definition) is 2. The number of para-hydroxylation sites is 1. The molecular formula is C18H13N3O3S. The van der Waals surface area contributed by atoms with Gasteiger partial charge in [-0.2, -0.15) is 4.98 Å². The van der Waals surface area contributed by atoms with Gasteiger partial charge in [0.1, 0.15) is 11.3 Å². The fourth-order valence-corrected chi connectivity index (χ4v) is 3.01. The molecule has 2 heterocycles. The molecule has 4 rings (SSSR count).